The maximum atomic E-state index is 14.0. The maximum Gasteiger partial charge on any atom is 0.258 e. The van der Waals surface area contributed by atoms with E-state index in [-0.39, 0.29) is 12.1 Å². The summed E-state index contributed by atoms with van der Waals surface area (Å²) in [5.41, 5.74) is 6.96. The summed E-state index contributed by atoms with van der Waals surface area (Å²) in [5, 5.41) is 2.68. The Bertz CT molecular complexity index is 729. The fourth-order valence-electron chi connectivity index (χ4n) is 1.86. The zero-order chi connectivity index (χ0) is 15.2. The molecule has 2 rings (SSSR count). The predicted molar refractivity (Wildman–Crippen MR) is 81.5 cm³/mol. The molecule has 0 spiro atoms. The van der Waals surface area contributed by atoms with E-state index in [0.29, 0.717) is 16.8 Å². The largest absolute Gasteiger partial charge is 0.321 e. The normalized spacial score (nSPS) is 9.67. The number of hydrogen-bond acceptors (Lipinski definition) is 2. The molecule has 0 aliphatic rings. The number of anilines is 1. The number of carbonyl (C=O) groups excluding carboxylic acids is 1. The third-order valence-electron chi connectivity index (χ3n) is 2.94. The van der Waals surface area contributed by atoms with Gasteiger partial charge in [-0.1, -0.05) is 36.1 Å². The summed E-state index contributed by atoms with van der Waals surface area (Å²) in [6.07, 6.45) is 0. The summed E-state index contributed by atoms with van der Waals surface area (Å²) in [6, 6.07) is 11.8. The molecule has 2 aromatic carbocycles. The fourth-order valence-corrected chi connectivity index (χ4v) is 1.86. The monoisotopic (exact) mass is 282 g/mol. The van der Waals surface area contributed by atoms with Crippen LogP contribution in [0, 0.1) is 24.6 Å². The van der Waals surface area contributed by atoms with E-state index >= 15 is 0 Å². The van der Waals surface area contributed by atoms with Gasteiger partial charge in [0.1, 0.15) is 5.82 Å². The van der Waals surface area contributed by atoms with Crippen LogP contribution < -0.4 is 11.1 Å². The first kappa shape index (κ1) is 14.8. The first-order valence-electron chi connectivity index (χ1n) is 6.48. The van der Waals surface area contributed by atoms with Crippen LogP contribution in [0.3, 0.4) is 0 Å². The van der Waals surface area contributed by atoms with Crippen molar-refractivity contribution >= 4 is 11.6 Å². The minimum atomic E-state index is -0.513. The minimum Gasteiger partial charge on any atom is -0.321 e. The molecule has 0 bridgehead atoms. The van der Waals surface area contributed by atoms with Crippen molar-refractivity contribution in [2.24, 2.45) is 5.73 Å². The van der Waals surface area contributed by atoms with E-state index in [1.54, 1.807) is 37.3 Å². The third kappa shape index (κ3) is 3.47. The lowest BCUT2D eigenvalue weighted by atomic mass is 10.1. The minimum absolute atomic E-state index is 0.0107. The summed E-state index contributed by atoms with van der Waals surface area (Å²) in [6.45, 7) is 1.85. The van der Waals surface area contributed by atoms with Crippen molar-refractivity contribution in [3.63, 3.8) is 0 Å². The van der Waals surface area contributed by atoms with Gasteiger partial charge in [0, 0.05) is 5.56 Å². The summed E-state index contributed by atoms with van der Waals surface area (Å²) >= 11 is 0. The van der Waals surface area contributed by atoms with Gasteiger partial charge in [0.15, 0.2) is 0 Å². The fraction of sp³-hybridized carbons (Fsp3) is 0.118. The SMILES string of the molecule is Cc1cccc(C(=O)Nc2ccccc2C#CCN)c1F. The number of amides is 1. The molecule has 0 aliphatic carbocycles. The van der Waals surface area contributed by atoms with Gasteiger partial charge >= 0.3 is 0 Å². The summed E-state index contributed by atoms with van der Waals surface area (Å²) in [7, 11) is 0. The molecule has 0 radical (unpaired) electrons. The zero-order valence-electron chi connectivity index (χ0n) is 11.6. The molecule has 0 fully saturated rings. The van der Waals surface area contributed by atoms with Gasteiger partial charge in [-0.25, -0.2) is 4.39 Å². The van der Waals surface area contributed by atoms with Gasteiger partial charge < -0.3 is 11.1 Å². The average molecular weight is 282 g/mol. The molecule has 106 valence electrons. The van der Waals surface area contributed by atoms with Crippen LogP contribution in [0.2, 0.25) is 0 Å². The molecule has 0 unspecified atom stereocenters. The molecule has 21 heavy (non-hydrogen) atoms. The lowest BCUT2D eigenvalue weighted by molar-refractivity contribution is 0.102. The molecule has 4 heteroatoms. The van der Waals surface area contributed by atoms with Gasteiger partial charge in [-0.3, -0.25) is 4.79 Å². The molecular formula is C17H15FN2O. The highest BCUT2D eigenvalue weighted by Crippen LogP contribution is 2.17. The van der Waals surface area contributed by atoms with Crippen LogP contribution in [-0.2, 0) is 0 Å². The highest BCUT2D eigenvalue weighted by Gasteiger charge is 2.14. The highest BCUT2D eigenvalue weighted by molar-refractivity contribution is 6.05. The van der Waals surface area contributed by atoms with E-state index in [0.717, 1.165) is 0 Å². The van der Waals surface area contributed by atoms with E-state index in [1.807, 2.05) is 6.07 Å². The van der Waals surface area contributed by atoms with E-state index in [1.165, 1.54) is 6.07 Å². The van der Waals surface area contributed by atoms with Gasteiger partial charge in [-0.15, -0.1) is 0 Å². The van der Waals surface area contributed by atoms with E-state index in [2.05, 4.69) is 17.2 Å². The second-order valence-corrected chi connectivity index (χ2v) is 4.44. The van der Waals surface area contributed by atoms with Crippen LogP contribution in [0.5, 0.6) is 0 Å². The first-order valence-corrected chi connectivity index (χ1v) is 6.48. The van der Waals surface area contributed by atoms with Crippen LogP contribution in [0.1, 0.15) is 21.5 Å². The van der Waals surface area contributed by atoms with Crippen molar-refractivity contribution in [3.8, 4) is 11.8 Å². The zero-order valence-corrected chi connectivity index (χ0v) is 11.6. The molecule has 1 amide bonds. The second kappa shape index (κ2) is 6.69. The Kier molecular flexibility index (Phi) is 4.70. The Hall–Kier alpha value is -2.64. The van der Waals surface area contributed by atoms with Crippen molar-refractivity contribution in [3.05, 3.63) is 65.0 Å². The van der Waals surface area contributed by atoms with Crippen molar-refractivity contribution in [1.29, 1.82) is 0 Å². The smallest absolute Gasteiger partial charge is 0.258 e. The molecule has 3 nitrogen and oxygen atoms in total. The lowest BCUT2D eigenvalue weighted by Crippen LogP contribution is -2.15. The maximum absolute atomic E-state index is 14.0. The lowest BCUT2D eigenvalue weighted by Gasteiger charge is -2.09. The molecule has 0 aliphatic heterocycles. The Labute approximate surface area is 123 Å². The number of nitrogens with two attached hydrogens (primary N) is 1. The quantitative estimate of drug-likeness (QED) is 0.832. The van der Waals surface area contributed by atoms with Crippen LogP contribution in [0.15, 0.2) is 42.5 Å². The van der Waals surface area contributed by atoms with E-state index < -0.39 is 11.7 Å². The Morgan fingerprint density at radius 3 is 2.76 bits per heavy atom. The van der Waals surface area contributed by atoms with Gasteiger partial charge in [-0.05, 0) is 30.7 Å². The number of hydrogen-bond donors (Lipinski definition) is 2. The Morgan fingerprint density at radius 2 is 2.00 bits per heavy atom. The molecule has 0 saturated carbocycles. The average Bonchev–Trinajstić information content (AvgIpc) is 2.49. The Balaban J connectivity index is 2.30. The molecular weight excluding hydrogens is 267 g/mol. The van der Waals surface area contributed by atoms with Crippen molar-refractivity contribution in [1.82, 2.24) is 0 Å². The van der Waals surface area contributed by atoms with Crippen LogP contribution in [0.25, 0.3) is 0 Å². The number of para-hydroxylation sites is 1. The second-order valence-electron chi connectivity index (χ2n) is 4.44. The summed E-state index contributed by atoms with van der Waals surface area (Å²) in [5.74, 6) is 4.59. The molecule has 2 aromatic rings. The summed E-state index contributed by atoms with van der Waals surface area (Å²) < 4.78 is 14.0. The van der Waals surface area contributed by atoms with Crippen molar-refractivity contribution < 1.29 is 9.18 Å². The van der Waals surface area contributed by atoms with Gasteiger partial charge in [-0.2, -0.15) is 0 Å². The molecule has 0 heterocycles. The first-order chi connectivity index (χ1) is 10.1. The van der Waals surface area contributed by atoms with Crippen LogP contribution >= 0.6 is 0 Å². The predicted octanol–water partition coefficient (Wildman–Crippen LogP) is 2.70. The van der Waals surface area contributed by atoms with Crippen LogP contribution in [-0.4, -0.2) is 12.5 Å². The summed E-state index contributed by atoms with van der Waals surface area (Å²) in [4.78, 5) is 12.2. The molecule has 0 saturated heterocycles. The Morgan fingerprint density at radius 1 is 1.24 bits per heavy atom. The number of nitrogens with one attached hydrogen (secondary N) is 1. The highest BCUT2D eigenvalue weighted by atomic mass is 19.1. The number of halogens is 1. The number of benzene rings is 2. The van der Waals surface area contributed by atoms with Gasteiger partial charge in [0.05, 0.1) is 17.8 Å². The topological polar surface area (TPSA) is 55.1 Å². The molecule has 0 aromatic heterocycles. The number of aryl methyl sites for hydroxylation is 1. The van der Waals surface area contributed by atoms with Gasteiger partial charge in [0.2, 0.25) is 0 Å². The number of carbonyl (C=O) groups is 1. The molecule has 0 atom stereocenters. The van der Waals surface area contributed by atoms with Crippen molar-refractivity contribution in [2.75, 3.05) is 11.9 Å². The van der Waals surface area contributed by atoms with E-state index in [4.69, 9.17) is 5.73 Å². The third-order valence-corrected chi connectivity index (χ3v) is 2.94. The van der Waals surface area contributed by atoms with E-state index in [9.17, 15) is 9.18 Å². The van der Waals surface area contributed by atoms with Crippen molar-refractivity contribution in [2.45, 2.75) is 6.92 Å². The molecule has 3 N–H and O–H groups in total. The van der Waals surface area contributed by atoms with Gasteiger partial charge in [0.25, 0.3) is 5.91 Å². The van der Waals surface area contributed by atoms with Crippen LogP contribution in [0.4, 0.5) is 10.1 Å². The number of rotatable bonds is 2. The standard InChI is InChI=1S/C17H15FN2O/c1-12-6-4-9-14(16(12)18)17(21)20-15-10-3-2-7-13(15)8-5-11-19/h2-4,6-7,9-10H,11,19H2,1H3,(H,20,21).